The van der Waals surface area contributed by atoms with Crippen molar-refractivity contribution < 1.29 is 14.3 Å². The van der Waals surface area contributed by atoms with Crippen molar-refractivity contribution in [2.24, 2.45) is 10.9 Å². The van der Waals surface area contributed by atoms with Crippen LogP contribution in [0.3, 0.4) is 0 Å². The van der Waals surface area contributed by atoms with E-state index in [9.17, 15) is 4.79 Å². The van der Waals surface area contributed by atoms with Gasteiger partial charge in [-0.1, -0.05) is 37.1 Å². The Bertz CT molecular complexity index is 925. The second kappa shape index (κ2) is 10.2. The molecule has 1 saturated carbocycles. The molecule has 4 rings (SSSR count). The molecule has 7 nitrogen and oxygen atoms in total. The number of rotatable bonds is 6. The third-order valence-electron chi connectivity index (χ3n) is 5.67. The fourth-order valence-electron chi connectivity index (χ4n) is 3.97. The minimum atomic E-state index is -0.0948. The smallest absolute Gasteiger partial charge is 0.227 e. The standard InChI is InChI=1S/C24H30N4O3/c1-25-24(27-15-20-16-30-21-11-4-5-12-22(21)31-20)26-14-17-7-6-10-19(13-17)28-23(29)18-8-2-3-9-18/h4-7,10-13,18,20H,2-3,8-9,14-16H2,1H3,(H,28,29)(H2,25,26,27). The van der Waals surface area contributed by atoms with E-state index in [1.807, 2.05) is 48.5 Å². The zero-order chi connectivity index (χ0) is 21.5. The minimum absolute atomic E-state index is 0.0948. The quantitative estimate of drug-likeness (QED) is 0.491. The van der Waals surface area contributed by atoms with E-state index in [2.05, 4.69) is 20.9 Å². The third kappa shape index (κ3) is 5.69. The van der Waals surface area contributed by atoms with Crippen molar-refractivity contribution >= 4 is 17.6 Å². The van der Waals surface area contributed by atoms with Crippen LogP contribution >= 0.6 is 0 Å². The highest BCUT2D eigenvalue weighted by Crippen LogP contribution is 2.30. The van der Waals surface area contributed by atoms with Crippen LogP contribution in [0.2, 0.25) is 0 Å². The Morgan fingerprint density at radius 2 is 1.87 bits per heavy atom. The number of aliphatic imine (C=N–C) groups is 1. The summed E-state index contributed by atoms with van der Waals surface area (Å²) in [5, 5.41) is 9.66. The largest absolute Gasteiger partial charge is 0.486 e. The number of guanidine groups is 1. The monoisotopic (exact) mass is 422 g/mol. The van der Waals surface area contributed by atoms with E-state index in [0.717, 1.165) is 48.4 Å². The number of para-hydroxylation sites is 2. The number of amides is 1. The average molecular weight is 423 g/mol. The Morgan fingerprint density at radius 1 is 1.06 bits per heavy atom. The highest BCUT2D eigenvalue weighted by Gasteiger charge is 2.23. The Kier molecular flexibility index (Phi) is 6.92. The number of nitrogens with zero attached hydrogens (tertiary/aromatic N) is 1. The van der Waals surface area contributed by atoms with Crippen LogP contribution in [0, 0.1) is 5.92 Å². The second-order valence-electron chi connectivity index (χ2n) is 7.98. The fraction of sp³-hybridized carbons (Fsp3) is 0.417. The number of ether oxygens (including phenoxy) is 2. The van der Waals surface area contributed by atoms with Gasteiger partial charge in [0.15, 0.2) is 17.5 Å². The maximum absolute atomic E-state index is 12.4. The molecule has 0 aromatic heterocycles. The molecule has 1 heterocycles. The molecule has 2 aliphatic rings. The maximum atomic E-state index is 12.4. The SMILES string of the molecule is CN=C(NCc1cccc(NC(=O)C2CCCC2)c1)NCC1COc2ccccc2O1. The molecule has 0 bridgehead atoms. The van der Waals surface area contributed by atoms with Gasteiger partial charge in [0.2, 0.25) is 5.91 Å². The van der Waals surface area contributed by atoms with Crippen molar-refractivity contribution in [3.63, 3.8) is 0 Å². The molecule has 2 aromatic rings. The van der Waals surface area contributed by atoms with Crippen molar-refractivity contribution in [3.8, 4) is 11.5 Å². The van der Waals surface area contributed by atoms with Gasteiger partial charge in [0.05, 0.1) is 6.54 Å². The highest BCUT2D eigenvalue weighted by molar-refractivity contribution is 5.92. The summed E-state index contributed by atoms with van der Waals surface area (Å²) in [4.78, 5) is 16.7. The first-order chi connectivity index (χ1) is 15.2. The number of fused-ring (bicyclic) bond motifs is 1. The number of benzene rings is 2. The first kappa shape index (κ1) is 21.0. The number of carbonyl (C=O) groups is 1. The molecule has 1 atom stereocenters. The van der Waals surface area contributed by atoms with Crippen molar-refractivity contribution in [1.29, 1.82) is 0 Å². The molecule has 0 radical (unpaired) electrons. The van der Waals surface area contributed by atoms with E-state index in [1.54, 1.807) is 7.05 Å². The molecule has 1 amide bonds. The molecular weight excluding hydrogens is 392 g/mol. The lowest BCUT2D eigenvalue weighted by atomic mass is 10.1. The molecule has 31 heavy (non-hydrogen) atoms. The zero-order valence-electron chi connectivity index (χ0n) is 17.9. The first-order valence-corrected chi connectivity index (χ1v) is 10.9. The van der Waals surface area contributed by atoms with Crippen molar-refractivity contribution in [1.82, 2.24) is 10.6 Å². The molecule has 1 unspecified atom stereocenters. The normalized spacial score (nSPS) is 18.5. The van der Waals surface area contributed by atoms with E-state index in [0.29, 0.717) is 25.7 Å². The molecule has 1 aliphatic heterocycles. The zero-order valence-corrected chi connectivity index (χ0v) is 17.9. The van der Waals surface area contributed by atoms with Gasteiger partial charge >= 0.3 is 0 Å². The number of hydrogen-bond acceptors (Lipinski definition) is 4. The molecule has 1 aliphatic carbocycles. The lowest BCUT2D eigenvalue weighted by Crippen LogP contribution is -2.45. The summed E-state index contributed by atoms with van der Waals surface area (Å²) in [6.45, 7) is 1.66. The topological polar surface area (TPSA) is 84.0 Å². The Morgan fingerprint density at radius 3 is 2.68 bits per heavy atom. The van der Waals surface area contributed by atoms with Gasteiger partial charge in [-0.3, -0.25) is 9.79 Å². The van der Waals surface area contributed by atoms with Gasteiger partial charge in [0.25, 0.3) is 0 Å². The predicted molar refractivity (Wildman–Crippen MR) is 122 cm³/mol. The Hall–Kier alpha value is -3.22. The van der Waals surface area contributed by atoms with Crippen LogP contribution < -0.4 is 25.4 Å². The van der Waals surface area contributed by atoms with Crippen molar-refractivity contribution in [3.05, 3.63) is 54.1 Å². The van der Waals surface area contributed by atoms with Crippen LogP contribution in [0.4, 0.5) is 5.69 Å². The Labute approximate surface area is 183 Å². The number of nitrogens with one attached hydrogen (secondary N) is 3. The lowest BCUT2D eigenvalue weighted by molar-refractivity contribution is -0.119. The van der Waals surface area contributed by atoms with Crippen molar-refractivity contribution in [2.45, 2.75) is 38.3 Å². The van der Waals surface area contributed by atoms with E-state index >= 15 is 0 Å². The van der Waals surface area contributed by atoms with Crippen LogP contribution in [0.25, 0.3) is 0 Å². The number of hydrogen-bond donors (Lipinski definition) is 3. The molecule has 0 saturated heterocycles. The summed E-state index contributed by atoms with van der Waals surface area (Å²) in [5.74, 6) is 2.52. The summed E-state index contributed by atoms with van der Waals surface area (Å²) in [7, 11) is 1.74. The maximum Gasteiger partial charge on any atom is 0.227 e. The molecule has 164 valence electrons. The van der Waals surface area contributed by atoms with Gasteiger partial charge < -0.3 is 25.4 Å². The van der Waals surface area contributed by atoms with Gasteiger partial charge in [-0.15, -0.1) is 0 Å². The van der Waals surface area contributed by atoms with Crippen LogP contribution in [0.15, 0.2) is 53.5 Å². The summed E-state index contributed by atoms with van der Waals surface area (Å²) in [5.41, 5.74) is 1.91. The van der Waals surface area contributed by atoms with Crippen LogP contribution in [0.1, 0.15) is 31.2 Å². The summed E-state index contributed by atoms with van der Waals surface area (Å²) in [6, 6.07) is 15.6. The van der Waals surface area contributed by atoms with E-state index in [-0.39, 0.29) is 17.9 Å². The number of carbonyl (C=O) groups excluding carboxylic acids is 1. The molecular formula is C24H30N4O3. The van der Waals surface area contributed by atoms with Gasteiger partial charge in [0.1, 0.15) is 12.7 Å². The minimum Gasteiger partial charge on any atom is -0.486 e. The molecule has 1 fully saturated rings. The van der Waals surface area contributed by atoms with Gasteiger partial charge in [-0.2, -0.15) is 0 Å². The molecule has 3 N–H and O–H groups in total. The number of anilines is 1. The summed E-state index contributed by atoms with van der Waals surface area (Å²) in [6.07, 6.45) is 4.20. The van der Waals surface area contributed by atoms with Gasteiger partial charge in [-0.25, -0.2) is 0 Å². The van der Waals surface area contributed by atoms with Crippen LogP contribution in [0.5, 0.6) is 11.5 Å². The summed E-state index contributed by atoms with van der Waals surface area (Å²) >= 11 is 0. The first-order valence-electron chi connectivity index (χ1n) is 10.9. The third-order valence-corrected chi connectivity index (χ3v) is 5.67. The molecule has 2 aromatic carbocycles. The van der Waals surface area contributed by atoms with Gasteiger partial charge in [-0.05, 0) is 42.7 Å². The molecule has 0 spiro atoms. The van der Waals surface area contributed by atoms with Crippen molar-refractivity contribution in [2.75, 3.05) is 25.5 Å². The fourth-order valence-corrected chi connectivity index (χ4v) is 3.97. The lowest BCUT2D eigenvalue weighted by Gasteiger charge is -2.27. The highest BCUT2D eigenvalue weighted by atomic mass is 16.6. The second-order valence-corrected chi connectivity index (χ2v) is 7.98. The van der Waals surface area contributed by atoms with E-state index < -0.39 is 0 Å². The van der Waals surface area contributed by atoms with Crippen LogP contribution in [-0.2, 0) is 11.3 Å². The van der Waals surface area contributed by atoms with E-state index in [4.69, 9.17) is 9.47 Å². The molecule has 7 heteroatoms. The van der Waals surface area contributed by atoms with E-state index in [1.165, 1.54) is 0 Å². The van der Waals surface area contributed by atoms with Gasteiger partial charge in [0, 0.05) is 25.2 Å². The average Bonchev–Trinajstić information content (AvgIpc) is 3.35. The van der Waals surface area contributed by atoms with Crippen LogP contribution in [-0.4, -0.2) is 38.2 Å². The summed E-state index contributed by atoms with van der Waals surface area (Å²) < 4.78 is 11.7. The Balaban J connectivity index is 1.25. The predicted octanol–water partition coefficient (Wildman–Crippen LogP) is 3.32.